The number of ketones is 1. The molecule has 14 heavy (non-hydrogen) atoms. The molecule has 3 nitrogen and oxygen atoms in total. The summed E-state index contributed by atoms with van der Waals surface area (Å²) in [4.78, 5) is 17.3. The molecule has 0 saturated carbocycles. The van der Waals surface area contributed by atoms with Crippen molar-refractivity contribution in [3.05, 3.63) is 24.7 Å². The number of aromatic nitrogens is 1. The Labute approximate surface area is 88.1 Å². The van der Waals surface area contributed by atoms with Crippen molar-refractivity contribution in [2.24, 2.45) is 0 Å². The summed E-state index contributed by atoms with van der Waals surface area (Å²) in [5.41, 5.74) is 0. The van der Waals surface area contributed by atoms with Crippen LogP contribution in [0.3, 0.4) is 0 Å². The highest BCUT2D eigenvalue weighted by Gasteiger charge is 2.17. The molecule has 2 rings (SSSR count). The molecule has 1 aromatic rings. The van der Waals surface area contributed by atoms with Gasteiger partial charge in [0.05, 0.1) is 0 Å². The van der Waals surface area contributed by atoms with Gasteiger partial charge in [0, 0.05) is 37.5 Å². The fourth-order valence-corrected chi connectivity index (χ4v) is 2.02. The van der Waals surface area contributed by atoms with Crippen LogP contribution in [0.1, 0.15) is 12.8 Å². The van der Waals surface area contributed by atoms with Gasteiger partial charge in [-0.2, -0.15) is 0 Å². The number of thiazole rings is 1. The minimum absolute atomic E-state index is 0.378. The monoisotopic (exact) mass is 210 g/mol. The highest BCUT2D eigenvalue weighted by molar-refractivity contribution is 7.13. The second kappa shape index (κ2) is 5.54. The Morgan fingerprint density at radius 3 is 2.50 bits per heavy atom. The summed E-state index contributed by atoms with van der Waals surface area (Å²) in [6.07, 6.45) is 3.16. The lowest BCUT2D eigenvalue weighted by molar-refractivity contribution is -0.119. The molecule has 2 heterocycles. The number of hydrogen-bond donors (Lipinski definition) is 0. The van der Waals surface area contributed by atoms with Crippen LogP contribution >= 0.6 is 11.3 Å². The van der Waals surface area contributed by atoms with Crippen molar-refractivity contribution < 1.29 is 4.79 Å². The molecule has 4 heteroatoms. The van der Waals surface area contributed by atoms with E-state index in [-0.39, 0.29) is 0 Å². The van der Waals surface area contributed by atoms with E-state index >= 15 is 0 Å². The summed E-state index contributed by atoms with van der Waals surface area (Å²) in [6.45, 7) is 7.68. The lowest BCUT2D eigenvalue weighted by atomic mass is 10.1. The van der Waals surface area contributed by atoms with Crippen LogP contribution < -0.4 is 4.90 Å². The number of nitrogens with zero attached hydrogens (tertiary/aromatic N) is 2. The van der Waals surface area contributed by atoms with E-state index in [2.05, 4.69) is 23.0 Å². The Morgan fingerprint density at radius 2 is 2.00 bits per heavy atom. The first-order valence-corrected chi connectivity index (χ1v) is 5.40. The van der Waals surface area contributed by atoms with Crippen molar-refractivity contribution in [1.82, 2.24) is 4.98 Å². The Morgan fingerprint density at radius 1 is 1.36 bits per heavy atom. The lowest BCUT2D eigenvalue weighted by Gasteiger charge is -2.24. The van der Waals surface area contributed by atoms with Crippen LogP contribution in [0.5, 0.6) is 0 Å². The Kier molecular flexibility index (Phi) is 4.32. The second-order valence-electron chi connectivity index (χ2n) is 2.84. The molecule has 1 aliphatic heterocycles. The summed E-state index contributed by atoms with van der Waals surface area (Å²) in [7, 11) is 0. The molecule has 1 saturated heterocycles. The zero-order valence-corrected chi connectivity index (χ0v) is 8.92. The van der Waals surface area contributed by atoms with Gasteiger partial charge >= 0.3 is 0 Å². The molecule has 0 aromatic carbocycles. The van der Waals surface area contributed by atoms with E-state index in [0.29, 0.717) is 18.6 Å². The minimum Gasteiger partial charge on any atom is -0.347 e. The highest BCUT2D eigenvalue weighted by Crippen LogP contribution is 2.20. The number of carbonyl (C=O) groups excluding carboxylic acids is 1. The summed E-state index contributed by atoms with van der Waals surface area (Å²) >= 11 is 1.63. The smallest absolute Gasteiger partial charge is 0.185 e. The summed E-state index contributed by atoms with van der Waals surface area (Å²) in [5, 5.41) is 3.01. The predicted molar refractivity (Wildman–Crippen MR) is 59.8 cm³/mol. The third kappa shape index (κ3) is 2.67. The summed E-state index contributed by atoms with van der Waals surface area (Å²) in [5.74, 6) is 0.378. The first kappa shape index (κ1) is 10.9. The Hall–Kier alpha value is -1.16. The highest BCUT2D eigenvalue weighted by atomic mass is 32.1. The maximum Gasteiger partial charge on any atom is 0.185 e. The molecule has 1 aliphatic rings. The van der Waals surface area contributed by atoms with Gasteiger partial charge in [-0.1, -0.05) is 0 Å². The van der Waals surface area contributed by atoms with Gasteiger partial charge in [-0.05, 0) is 0 Å². The van der Waals surface area contributed by atoms with Crippen LogP contribution in [-0.4, -0.2) is 23.9 Å². The molecular weight excluding hydrogens is 196 g/mol. The standard InChI is InChI=1S/C8H10N2OS.C2H4/c11-7-1-4-10(5-2-7)8-9-3-6-12-8;1-2/h3,6H,1-2,4-5H2;1-2H2. The molecule has 0 spiro atoms. The molecule has 0 radical (unpaired) electrons. The molecule has 0 N–H and O–H groups in total. The third-order valence-electron chi connectivity index (χ3n) is 2.01. The van der Waals surface area contributed by atoms with Crippen molar-refractivity contribution in [3.63, 3.8) is 0 Å². The minimum atomic E-state index is 0.378. The molecule has 76 valence electrons. The topological polar surface area (TPSA) is 33.2 Å². The Bertz CT molecular complexity index is 274. The number of Topliss-reactive ketones (excluding diaryl/α,β-unsaturated/α-hetero) is 1. The van der Waals surface area contributed by atoms with E-state index in [0.717, 1.165) is 18.2 Å². The van der Waals surface area contributed by atoms with Crippen molar-refractivity contribution in [3.8, 4) is 0 Å². The van der Waals surface area contributed by atoms with E-state index in [1.807, 2.05) is 5.38 Å². The molecule has 1 fully saturated rings. The molecule has 0 atom stereocenters. The van der Waals surface area contributed by atoms with E-state index in [4.69, 9.17) is 0 Å². The van der Waals surface area contributed by atoms with Gasteiger partial charge in [0.2, 0.25) is 0 Å². The van der Waals surface area contributed by atoms with Crippen LogP contribution in [-0.2, 0) is 4.79 Å². The van der Waals surface area contributed by atoms with Gasteiger partial charge < -0.3 is 4.90 Å². The van der Waals surface area contributed by atoms with Gasteiger partial charge in [0.1, 0.15) is 5.78 Å². The van der Waals surface area contributed by atoms with Crippen molar-refractivity contribution in [2.45, 2.75) is 12.8 Å². The van der Waals surface area contributed by atoms with E-state index < -0.39 is 0 Å². The molecule has 0 bridgehead atoms. The second-order valence-corrected chi connectivity index (χ2v) is 3.71. The number of carbonyl (C=O) groups is 1. The Balaban J connectivity index is 0.000000461. The largest absolute Gasteiger partial charge is 0.347 e. The van der Waals surface area contributed by atoms with Gasteiger partial charge in [0.25, 0.3) is 0 Å². The molecule has 0 aliphatic carbocycles. The third-order valence-corrected chi connectivity index (χ3v) is 2.84. The number of rotatable bonds is 1. The SMILES string of the molecule is C=C.O=C1CCN(c2nccs2)CC1. The average Bonchev–Trinajstić information content (AvgIpc) is 2.75. The number of piperidine rings is 1. The molecule has 0 amide bonds. The van der Waals surface area contributed by atoms with Crippen molar-refractivity contribution in [2.75, 3.05) is 18.0 Å². The molecule has 0 unspecified atom stereocenters. The quantitative estimate of drug-likeness (QED) is 0.666. The first-order chi connectivity index (χ1) is 6.86. The van der Waals surface area contributed by atoms with Crippen LogP contribution in [0.15, 0.2) is 24.7 Å². The van der Waals surface area contributed by atoms with Crippen LogP contribution in [0.2, 0.25) is 0 Å². The van der Waals surface area contributed by atoms with Gasteiger partial charge in [0.15, 0.2) is 5.13 Å². The normalized spacial score (nSPS) is 16.0. The lowest BCUT2D eigenvalue weighted by Crippen LogP contribution is -2.33. The zero-order valence-electron chi connectivity index (χ0n) is 8.11. The number of anilines is 1. The summed E-state index contributed by atoms with van der Waals surface area (Å²) in [6, 6.07) is 0. The maximum absolute atomic E-state index is 10.9. The fourth-order valence-electron chi connectivity index (χ4n) is 1.32. The number of hydrogen-bond acceptors (Lipinski definition) is 4. The zero-order chi connectivity index (χ0) is 10.4. The van der Waals surface area contributed by atoms with E-state index in [9.17, 15) is 4.79 Å². The van der Waals surface area contributed by atoms with Gasteiger partial charge in [-0.25, -0.2) is 4.98 Å². The van der Waals surface area contributed by atoms with E-state index in [1.165, 1.54) is 0 Å². The average molecular weight is 210 g/mol. The summed E-state index contributed by atoms with van der Waals surface area (Å²) < 4.78 is 0. The van der Waals surface area contributed by atoms with Crippen LogP contribution in [0.25, 0.3) is 0 Å². The predicted octanol–water partition coefficient (Wildman–Crippen LogP) is 2.11. The van der Waals surface area contributed by atoms with Crippen molar-refractivity contribution >= 4 is 22.3 Å². The van der Waals surface area contributed by atoms with Crippen LogP contribution in [0.4, 0.5) is 5.13 Å². The fraction of sp³-hybridized carbons (Fsp3) is 0.400. The van der Waals surface area contributed by atoms with Gasteiger partial charge in [-0.3, -0.25) is 4.79 Å². The maximum atomic E-state index is 10.9. The van der Waals surface area contributed by atoms with E-state index in [1.54, 1.807) is 17.5 Å². The molecular formula is C10H14N2OS. The van der Waals surface area contributed by atoms with Crippen LogP contribution in [0, 0.1) is 0 Å². The first-order valence-electron chi connectivity index (χ1n) is 4.52. The van der Waals surface area contributed by atoms with Gasteiger partial charge in [-0.15, -0.1) is 24.5 Å². The van der Waals surface area contributed by atoms with Crippen molar-refractivity contribution in [1.29, 1.82) is 0 Å². The molecule has 1 aromatic heterocycles.